The van der Waals surface area contributed by atoms with E-state index in [-0.39, 0.29) is 5.82 Å². The Labute approximate surface area is 114 Å². The summed E-state index contributed by atoms with van der Waals surface area (Å²) in [6, 6.07) is 10.4. The predicted octanol–water partition coefficient (Wildman–Crippen LogP) is 3.54. The standard InChI is InChI=1S/C14H12FN3S/c1-18-14(16)12(9-4-2-5-10(15)8-9)13(17-18)11-6-3-7-19-11/h2-8H,16H2,1H3. The molecule has 0 amide bonds. The summed E-state index contributed by atoms with van der Waals surface area (Å²) in [5, 5.41) is 6.42. The van der Waals surface area contributed by atoms with E-state index >= 15 is 0 Å². The molecule has 0 saturated heterocycles. The van der Waals surface area contributed by atoms with E-state index in [4.69, 9.17) is 5.73 Å². The highest BCUT2D eigenvalue weighted by Crippen LogP contribution is 2.37. The summed E-state index contributed by atoms with van der Waals surface area (Å²) in [5.41, 5.74) is 8.39. The first-order valence-electron chi connectivity index (χ1n) is 5.79. The molecule has 0 spiro atoms. The second-order valence-electron chi connectivity index (χ2n) is 4.22. The lowest BCUT2D eigenvalue weighted by Gasteiger charge is -2.03. The molecule has 0 saturated carbocycles. The van der Waals surface area contributed by atoms with Crippen molar-refractivity contribution in [2.75, 3.05) is 5.73 Å². The van der Waals surface area contributed by atoms with Crippen molar-refractivity contribution in [2.45, 2.75) is 0 Å². The van der Waals surface area contributed by atoms with Crippen molar-refractivity contribution in [3.63, 3.8) is 0 Å². The number of nitrogen functional groups attached to an aromatic ring is 1. The van der Waals surface area contributed by atoms with E-state index in [1.165, 1.54) is 12.1 Å². The third-order valence-electron chi connectivity index (χ3n) is 2.96. The van der Waals surface area contributed by atoms with Crippen LogP contribution in [0.15, 0.2) is 41.8 Å². The number of halogens is 1. The van der Waals surface area contributed by atoms with Gasteiger partial charge in [-0.3, -0.25) is 4.68 Å². The van der Waals surface area contributed by atoms with Crippen molar-refractivity contribution < 1.29 is 4.39 Å². The molecule has 2 N–H and O–H groups in total. The Morgan fingerprint density at radius 2 is 2.11 bits per heavy atom. The van der Waals surface area contributed by atoms with Crippen molar-refractivity contribution in [3.05, 3.63) is 47.6 Å². The van der Waals surface area contributed by atoms with Gasteiger partial charge in [0, 0.05) is 7.05 Å². The van der Waals surface area contributed by atoms with Gasteiger partial charge in [0.05, 0.1) is 10.4 Å². The molecule has 0 aliphatic heterocycles. The number of aromatic nitrogens is 2. The van der Waals surface area contributed by atoms with Crippen LogP contribution in [0.25, 0.3) is 21.7 Å². The largest absolute Gasteiger partial charge is 0.383 e. The highest BCUT2D eigenvalue weighted by Gasteiger charge is 2.18. The lowest BCUT2D eigenvalue weighted by molar-refractivity contribution is 0.628. The van der Waals surface area contributed by atoms with Crippen LogP contribution >= 0.6 is 11.3 Å². The number of aryl methyl sites for hydroxylation is 1. The number of hydrogen-bond acceptors (Lipinski definition) is 3. The number of nitrogens with zero attached hydrogens (tertiary/aromatic N) is 2. The third-order valence-corrected chi connectivity index (χ3v) is 3.84. The number of nitrogens with two attached hydrogens (primary N) is 1. The average Bonchev–Trinajstić information content (AvgIpc) is 2.99. The summed E-state index contributed by atoms with van der Waals surface area (Å²) < 4.78 is 15.0. The van der Waals surface area contributed by atoms with E-state index in [0.717, 1.165) is 21.7 Å². The van der Waals surface area contributed by atoms with Gasteiger partial charge >= 0.3 is 0 Å². The summed E-state index contributed by atoms with van der Waals surface area (Å²) >= 11 is 1.59. The fourth-order valence-corrected chi connectivity index (χ4v) is 2.77. The van der Waals surface area contributed by atoms with Crippen molar-refractivity contribution in [3.8, 4) is 21.7 Å². The molecule has 0 radical (unpaired) electrons. The Morgan fingerprint density at radius 1 is 1.26 bits per heavy atom. The average molecular weight is 273 g/mol. The van der Waals surface area contributed by atoms with Gasteiger partial charge in [0.25, 0.3) is 0 Å². The van der Waals surface area contributed by atoms with E-state index in [9.17, 15) is 4.39 Å². The van der Waals surface area contributed by atoms with Gasteiger partial charge in [0.15, 0.2) is 0 Å². The first-order valence-corrected chi connectivity index (χ1v) is 6.67. The zero-order chi connectivity index (χ0) is 13.4. The highest BCUT2D eigenvalue weighted by atomic mass is 32.1. The molecule has 5 heteroatoms. The summed E-state index contributed by atoms with van der Waals surface area (Å²) in [7, 11) is 1.79. The Hall–Kier alpha value is -2.14. The summed E-state index contributed by atoms with van der Waals surface area (Å²) in [6.45, 7) is 0. The number of benzene rings is 1. The van der Waals surface area contributed by atoms with E-state index in [0.29, 0.717) is 5.82 Å². The zero-order valence-electron chi connectivity index (χ0n) is 10.3. The third kappa shape index (κ3) is 2.02. The van der Waals surface area contributed by atoms with Crippen LogP contribution in [0.1, 0.15) is 0 Å². The molecule has 0 atom stereocenters. The maximum Gasteiger partial charge on any atom is 0.129 e. The van der Waals surface area contributed by atoms with Gasteiger partial charge in [-0.15, -0.1) is 11.3 Å². The summed E-state index contributed by atoms with van der Waals surface area (Å²) in [6.07, 6.45) is 0. The van der Waals surface area contributed by atoms with Crippen molar-refractivity contribution in [2.24, 2.45) is 7.05 Å². The van der Waals surface area contributed by atoms with Gasteiger partial charge in [-0.05, 0) is 29.1 Å². The number of rotatable bonds is 2. The minimum atomic E-state index is -0.280. The van der Waals surface area contributed by atoms with Gasteiger partial charge in [-0.1, -0.05) is 18.2 Å². The normalized spacial score (nSPS) is 10.8. The predicted molar refractivity (Wildman–Crippen MR) is 76.3 cm³/mol. The SMILES string of the molecule is Cn1nc(-c2cccs2)c(-c2cccc(F)c2)c1N. The minimum absolute atomic E-state index is 0.280. The van der Waals surface area contributed by atoms with Crippen LogP contribution in [0.2, 0.25) is 0 Å². The monoisotopic (exact) mass is 273 g/mol. The number of thiophene rings is 1. The Bertz CT molecular complexity index is 716. The van der Waals surface area contributed by atoms with Gasteiger partial charge in [0.1, 0.15) is 17.3 Å². The maximum atomic E-state index is 13.4. The molecule has 0 unspecified atom stereocenters. The second-order valence-corrected chi connectivity index (χ2v) is 5.17. The maximum absolute atomic E-state index is 13.4. The first-order chi connectivity index (χ1) is 9.16. The van der Waals surface area contributed by atoms with Gasteiger partial charge in [0.2, 0.25) is 0 Å². The molecular weight excluding hydrogens is 261 g/mol. The molecule has 3 rings (SSSR count). The molecule has 0 fully saturated rings. The van der Waals surface area contributed by atoms with Gasteiger partial charge in [-0.2, -0.15) is 5.10 Å². The van der Waals surface area contributed by atoms with E-state index in [1.807, 2.05) is 23.6 Å². The summed E-state index contributed by atoms with van der Waals surface area (Å²) in [4.78, 5) is 1.02. The van der Waals surface area contributed by atoms with Crippen LogP contribution in [-0.4, -0.2) is 9.78 Å². The molecule has 96 valence electrons. The Morgan fingerprint density at radius 3 is 2.79 bits per heavy atom. The minimum Gasteiger partial charge on any atom is -0.383 e. The molecule has 0 aliphatic carbocycles. The fraction of sp³-hybridized carbons (Fsp3) is 0.0714. The molecule has 2 aromatic heterocycles. The fourth-order valence-electron chi connectivity index (χ4n) is 2.05. The molecule has 3 aromatic rings. The molecule has 19 heavy (non-hydrogen) atoms. The zero-order valence-corrected chi connectivity index (χ0v) is 11.1. The van der Waals surface area contributed by atoms with Gasteiger partial charge in [-0.25, -0.2) is 4.39 Å². The Kier molecular flexibility index (Phi) is 2.83. The van der Waals surface area contributed by atoms with Crippen LogP contribution in [0, 0.1) is 5.82 Å². The Balaban J connectivity index is 2.26. The quantitative estimate of drug-likeness (QED) is 0.776. The van der Waals surface area contributed by atoms with Crippen molar-refractivity contribution in [1.82, 2.24) is 9.78 Å². The van der Waals surface area contributed by atoms with Crippen molar-refractivity contribution in [1.29, 1.82) is 0 Å². The van der Waals surface area contributed by atoms with Crippen LogP contribution < -0.4 is 5.73 Å². The number of anilines is 1. The van der Waals surface area contributed by atoms with E-state index < -0.39 is 0 Å². The van der Waals surface area contributed by atoms with E-state index in [1.54, 1.807) is 29.1 Å². The number of hydrogen-bond donors (Lipinski definition) is 1. The van der Waals surface area contributed by atoms with Crippen LogP contribution in [0.3, 0.4) is 0 Å². The van der Waals surface area contributed by atoms with Gasteiger partial charge < -0.3 is 5.73 Å². The lowest BCUT2D eigenvalue weighted by atomic mass is 10.0. The molecule has 2 heterocycles. The topological polar surface area (TPSA) is 43.8 Å². The smallest absolute Gasteiger partial charge is 0.129 e. The van der Waals surface area contributed by atoms with Crippen LogP contribution in [0.4, 0.5) is 10.2 Å². The second kappa shape index (κ2) is 4.51. The molecular formula is C14H12FN3S. The lowest BCUT2D eigenvalue weighted by Crippen LogP contribution is -1.98. The molecule has 0 aliphatic rings. The molecule has 3 nitrogen and oxygen atoms in total. The van der Waals surface area contributed by atoms with Crippen molar-refractivity contribution >= 4 is 17.2 Å². The molecule has 0 bridgehead atoms. The summed E-state index contributed by atoms with van der Waals surface area (Å²) in [5.74, 6) is 0.256. The van der Waals surface area contributed by atoms with Crippen LogP contribution in [-0.2, 0) is 7.05 Å². The van der Waals surface area contributed by atoms with Crippen LogP contribution in [0.5, 0.6) is 0 Å². The molecule has 1 aromatic carbocycles. The highest BCUT2D eigenvalue weighted by molar-refractivity contribution is 7.13. The first kappa shape index (κ1) is 11.9. The van der Waals surface area contributed by atoms with E-state index in [2.05, 4.69) is 5.10 Å².